The van der Waals surface area contributed by atoms with Gasteiger partial charge in [-0.2, -0.15) is 0 Å². The van der Waals surface area contributed by atoms with Crippen LogP contribution in [-0.4, -0.2) is 44.3 Å². The van der Waals surface area contributed by atoms with E-state index in [1.807, 2.05) is 61.0 Å². The van der Waals surface area contributed by atoms with E-state index in [9.17, 15) is 4.79 Å². The average Bonchev–Trinajstić information content (AvgIpc) is 3.42. The van der Waals surface area contributed by atoms with Crippen molar-refractivity contribution in [2.45, 2.75) is 38.7 Å². The van der Waals surface area contributed by atoms with Crippen LogP contribution in [-0.2, 0) is 14.3 Å². The zero-order chi connectivity index (χ0) is 22.9. The van der Waals surface area contributed by atoms with E-state index in [1.165, 1.54) is 6.33 Å². The molecule has 4 aromatic rings. The molecule has 5 rings (SSSR count). The highest BCUT2D eigenvalue weighted by molar-refractivity contribution is 5.86. The van der Waals surface area contributed by atoms with Gasteiger partial charge in [-0.3, -0.25) is 9.78 Å². The number of carbonyl (C=O) groups excluding carboxylic acids is 1. The Morgan fingerprint density at radius 2 is 2.12 bits per heavy atom. The van der Waals surface area contributed by atoms with Gasteiger partial charge < -0.3 is 24.5 Å². The fourth-order valence-electron chi connectivity index (χ4n) is 3.97. The Hall–Kier alpha value is -3.72. The molecule has 1 unspecified atom stereocenters. The normalized spacial score (nSPS) is 20.5. The SMILES string of the molecule is CC(C)C(=O)OC1C[C@H](n2ccc3c(N)ncnc32)O[C@@H]1COc1ccc2cccnc2c1. The first-order valence-corrected chi connectivity index (χ1v) is 10.9. The molecular formula is C24H25N5O4. The van der Waals surface area contributed by atoms with Crippen LogP contribution in [0.15, 0.2) is 55.1 Å². The van der Waals surface area contributed by atoms with Crippen molar-refractivity contribution in [1.29, 1.82) is 0 Å². The lowest BCUT2D eigenvalue weighted by atomic mass is 10.1. The van der Waals surface area contributed by atoms with Crippen LogP contribution in [0.25, 0.3) is 21.9 Å². The van der Waals surface area contributed by atoms with Crippen LogP contribution in [0.5, 0.6) is 5.75 Å². The highest BCUT2D eigenvalue weighted by Gasteiger charge is 2.40. The lowest BCUT2D eigenvalue weighted by Gasteiger charge is -2.20. The number of ether oxygens (including phenoxy) is 3. The number of nitrogen functional groups attached to an aromatic ring is 1. The highest BCUT2D eigenvalue weighted by Crippen LogP contribution is 2.34. The van der Waals surface area contributed by atoms with Gasteiger partial charge in [-0.15, -0.1) is 0 Å². The Balaban J connectivity index is 1.37. The molecule has 3 aromatic heterocycles. The van der Waals surface area contributed by atoms with Gasteiger partial charge in [-0.05, 0) is 24.3 Å². The Labute approximate surface area is 190 Å². The number of aromatic nitrogens is 4. The van der Waals surface area contributed by atoms with Crippen LogP contribution in [0.1, 0.15) is 26.5 Å². The van der Waals surface area contributed by atoms with Crippen molar-refractivity contribution in [3.05, 3.63) is 55.1 Å². The van der Waals surface area contributed by atoms with E-state index in [0.717, 1.165) is 16.3 Å². The zero-order valence-electron chi connectivity index (χ0n) is 18.4. The number of hydrogen-bond donors (Lipinski definition) is 1. The smallest absolute Gasteiger partial charge is 0.308 e. The van der Waals surface area contributed by atoms with Crippen molar-refractivity contribution in [3.8, 4) is 5.75 Å². The summed E-state index contributed by atoms with van der Waals surface area (Å²) in [6, 6.07) is 11.5. The van der Waals surface area contributed by atoms with Crippen molar-refractivity contribution >= 4 is 33.7 Å². The zero-order valence-corrected chi connectivity index (χ0v) is 18.4. The number of anilines is 1. The summed E-state index contributed by atoms with van der Waals surface area (Å²) in [5, 5.41) is 1.78. The number of esters is 1. The number of pyridine rings is 1. The maximum absolute atomic E-state index is 12.3. The van der Waals surface area contributed by atoms with Gasteiger partial charge in [0, 0.05) is 30.3 Å². The maximum Gasteiger partial charge on any atom is 0.308 e. The quantitative estimate of drug-likeness (QED) is 0.447. The second-order valence-corrected chi connectivity index (χ2v) is 8.38. The molecule has 4 heterocycles. The molecule has 9 nitrogen and oxygen atoms in total. The van der Waals surface area contributed by atoms with Crippen molar-refractivity contribution < 1.29 is 19.0 Å². The third-order valence-electron chi connectivity index (χ3n) is 5.76. The van der Waals surface area contributed by atoms with Gasteiger partial charge in [-0.25, -0.2) is 9.97 Å². The van der Waals surface area contributed by atoms with E-state index in [2.05, 4.69) is 15.0 Å². The lowest BCUT2D eigenvalue weighted by molar-refractivity contribution is -0.156. The largest absolute Gasteiger partial charge is 0.491 e. The minimum absolute atomic E-state index is 0.223. The Morgan fingerprint density at radius 1 is 1.24 bits per heavy atom. The molecule has 1 saturated heterocycles. The molecule has 2 N–H and O–H groups in total. The molecule has 170 valence electrons. The second kappa shape index (κ2) is 8.67. The molecule has 0 spiro atoms. The molecule has 0 radical (unpaired) electrons. The first kappa shape index (κ1) is 21.1. The van der Waals surface area contributed by atoms with Gasteiger partial charge >= 0.3 is 5.97 Å². The Kier molecular flexibility index (Phi) is 5.55. The van der Waals surface area contributed by atoms with E-state index in [-0.39, 0.29) is 24.7 Å². The van der Waals surface area contributed by atoms with E-state index in [0.29, 0.717) is 23.6 Å². The topological polar surface area (TPSA) is 114 Å². The van der Waals surface area contributed by atoms with Crippen molar-refractivity contribution in [2.24, 2.45) is 5.92 Å². The fourth-order valence-corrected chi connectivity index (χ4v) is 3.97. The van der Waals surface area contributed by atoms with E-state index in [1.54, 1.807) is 6.20 Å². The summed E-state index contributed by atoms with van der Waals surface area (Å²) >= 11 is 0. The highest BCUT2D eigenvalue weighted by atomic mass is 16.6. The molecule has 33 heavy (non-hydrogen) atoms. The minimum Gasteiger partial charge on any atom is -0.491 e. The molecular weight excluding hydrogens is 422 g/mol. The van der Waals surface area contributed by atoms with Gasteiger partial charge in [0.25, 0.3) is 0 Å². The molecule has 1 aromatic carbocycles. The standard InChI is InChI=1S/C24H25N5O4/c1-14(2)24(30)33-19-11-21(29-9-7-17-22(25)27-13-28-23(17)29)32-20(19)12-31-16-6-5-15-4-3-8-26-18(15)10-16/h3-10,13-14,19-21H,11-12H2,1-2H3,(H2,25,27,28)/t19?,20-,21-/m1/s1. The monoisotopic (exact) mass is 447 g/mol. The van der Waals surface area contributed by atoms with Crippen molar-refractivity contribution in [2.75, 3.05) is 12.3 Å². The second-order valence-electron chi connectivity index (χ2n) is 8.38. The number of nitrogens with two attached hydrogens (primary N) is 1. The molecule has 1 aliphatic heterocycles. The van der Waals surface area contributed by atoms with Crippen LogP contribution in [0.4, 0.5) is 5.82 Å². The summed E-state index contributed by atoms with van der Waals surface area (Å²) in [7, 11) is 0. The lowest BCUT2D eigenvalue weighted by Crippen LogP contribution is -2.33. The first-order chi connectivity index (χ1) is 16.0. The van der Waals surface area contributed by atoms with Crippen LogP contribution in [0, 0.1) is 5.92 Å². The number of fused-ring (bicyclic) bond motifs is 2. The fraction of sp³-hybridized carbons (Fsp3) is 0.333. The number of rotatable bonds is 6. The summed E-state index contributed by atoms with van der Waals surface area (Å²) in [6.45, 7) is 3.84. The summed E-state index contributed by atoms with van der Waals surface area (Å²) in [4.78, 5) is 25.1. The summed E-state index contributed by atoms with van der Waals surface area (Å²) in [5.41, 5.74) is 7.49. The molecule has 3 atom stereocenters. The van der Waals surface area contributed by atoms with Crippen molar-refractivity contribution in [3.63, 3.8) is 0 Å². The number of hydrogen-bond acceptors (Lipinski definition) is 8. The van der Waals surface area contributed by atoms with Crippen molar-refractivity contribution in [1.82, 2.24) is 19.5 Å². The molecule has 0 bridgehead atoms. The van der Waals surface area contributed by atoms with Gasteiger partial charge in [0.05, 0.1) is 16.8 Å². The predicted octanol–water partition coefficient (Wildman–Crippen LogP) is 3.50. The molecule has 9 heteroatoms. The predicted molar refractivity (Wildman–Crippen MR) is 122 cm³/mol. The van der Waals surface area contributed by atoms with Gasteiger partial charge in [0.15, 0.2) is 0 Å². The molecule has 1 aliphatic rings. The Morgan fingerprint density at radius 3 is 2.97 bits per heavy atom. The Bertz CT molecular complexity index is 1300. The van der Waals surface area contributed by atoms with E-state index >= 15 is 0 Å². The summed E-state index contributed by atoms with van der Waals surface area (Å²) < 4.78 is 20.0. The molecule has 0 aliphatic carbocycles. The van der Waals surface area contributed by atoms with Crippen LogP contribution in [0.2, 0.25) is 0 Å². The maximum atomic E-state index is 12.3. The summed E-state index contributed by atoms with van der Waals surface area (Å²) in [6.07, 6.45) is 4.21. The third-order valence-corrected chi connectivity index (χ3v) is 5.76. The van der Waals surface area contributed by atoms with Crippen LogP contribution < -0.4 is 10.5 Å². The van der Waals surface area contributed by atoms with E-state index < -0.39 is 12.2 Å². The first-order valence-electron chi connectivity index (χ1n) is 10.9. The molecule has 0 amide bonds. The van der Waals surface area contributed by atoms with Gasteiger partial charge in [0.2, 0.25) is 0 Å². The van der Waals surface area contributed by atoms with Gasteiger partial charge in [-0.1, -0.05) is 19.9 Å². The van der Waals surface area contributed by atoms with Crippen LogP contribution >= 0.6 is 0 Å². The average molecular weight is 447 g/mol. The number of benzene rings is 1. The summed E-state index contributed by atoms with van der Waals surface area (Å²) in [5.74, 6) is 0.573. The van der Waals surface area contributed by atoms with E-state index in [4.69, 9.17) is 19.9 Å². The number of carbonyl (C=O) groups is 1. The molecule has 1 fully saturated rings. The number of nitrogens with zero attached hydrogens (tertiary/aromatic N) is 4. The van der Waals surface area contributed by atoms with Crippen LogP contribution in [0.3, 0.4) is 0 Å². The molecule has 0 saturated carbocycles. The van der Waals surface area contributed by atoms with Gasteiger partial charge in [0.1, 0.15) is 48.6 Å². The third kappa shape index (κ3) is 4.19. The minimum atomic E-state index is -0.458.